The Hall–Kier alpha value is -1.46. The molecule has 1 aliphatic rings. The van der Waals surface area contributed by atoms with E-state index in [1.807, 2.05) is 12.1 Å². The van der Waals surface area contributed by atoms with E-state index >= 15 is 0 Å². The maximum absolute atomic E-state index is 8.75. The van der Waals surface area contributed by atoms with E-state index in [2.05, 4.69) is 31.8 Å². The van der Waals surface area contributed by atoms with Gasteiger partial charge in [-0.2, -0.15) is 0 Å². The summed E-state index contributed by atoms with van der Waals surface area (Å²) in [7, 11) is 0. The number of benzene rings is 1. The zero-order valence-electron chi connectivity index (χ0n) is 13.2. The lowest BCUT2D eigenvalue weighted by atomic mass is 9.86. The van der Waals surface area contributed by atoms with Crippen molar-refractivity contribution in [2.45, 2.75) is 58.5 Å². The molecule has 0 aliphatic heterocycles. The van der Waals surface area contributed by atoms with E-state index in [1.165, 1.54) is 32.1 Å². The summed E-state index contributed by atoms with van der Waals surface area (Å²) >= 11 is 0. The van der Waals surface area contributed by atoms with Gasteiger partial charge >= 0.3 is 0 Å². The molecule has 2 nitrogen and oxygen atoms in total. The number of aryl methyl sites for hydroxylation is 1. The van der Waals surface area contributed by atoms with Gasteiger partial charge in [0, 0.05) is 12.0 Å². The molecular formula is C19H26O2. The molecular weight excluding hydrogens is 260 g/mol. The molecule has 1 aromatic rings. The van der Waals surface area contributed by atoms with Gasteiger partial charge < -0.3 is 9.84 Å². The second-order valence-electron chi connectivity index (χ2n) is 5.92. The van der Waals surface area contributed by atoms with Crippen LogP contribution in [-0.4, -0.2) is 17.8 Å². The summed E-state index contributed by atoms with van der Waals surface area (Å²) in [5.41, 5.74) is 2.16. The Morgan fingerprint density at radius 2 is 2.00 bits per heavy atom. The highest BCUT2D eigenvalue weighted by atomic mass is 16.5. The Morgan fingerprint density at radius 3 is 2.62 bits per heavy atom. The topological polar surface area (TPSA) is 29.5 Å². The van der Waals surface area contributed by atoms with Gasteiger partial charge in [0.1, 0.15) is 5.75 Å². The molecule has 0 amide bonds. The fraction of sp³-hybridized carbons (Fsp3) is 0.579. The van der Waals surface area contributed by atoms with Crippen LogP contribution in [0, 0.1) is 24.7 Å². The number of hydrogen-bond donors (Lipinski definition) is 1. The summed E-state index contributed by atoms with van der Waals surface area (Å²) in [6.07, 6.45) is 7.14. The minimum Gasteiger partial charge on any atom is -0.490 e. The first-order valence-electron chi connectivity index (χ1n) is 8.10. The van der Waals surface area contributed by atoms with Gasteiger partial charge in [-0.1, -0.05) is 25.2 Å². The van der Waals surface area contributed by atoms with Crippen LogP contribution in [0.1, 0.15) is 56.6 Å². The Bertz CT molecular complexity index is 502. The van der Waals surface area contributed by atoms with Crippen molar-refractivity contribution in [3.05, 3.63) is 29.3 Å². The largest absolute Gasteiger partial charge is 0.490 e. The van der Waals surface area contributed by atoms with E-state index in [0.717, 1.165) is 22.8 Å². The first-order valence-corrected chi connectivity index (χ1v) is 8.10. The zero-order valence-corrected chi connectivity index (χ0v) is 13.2. The van der Waals surface area contributed by atoms with Gasteiger partial charge in [-0.15, -0.1) is 0 Å². The molecule has 0 spiro atoms. The van der Waals surface area contributed by atoms with Crippen molar-refractivity contribution in [1.29, 1.82) is 0 Å². The van der Waals surface area contributed by atoms with Gasteiger partial charge in [0.2, 0.25) is 0 Å². The van der Waals surface area contributed by atoms with Crippen LogP contribution in [0.15, 0.2) is 18.2 Å². The highest BCUT2D eigenvalue weighted by Gasteiger charge is 2.21. The van der Waals surface area contributed by atoms with Crippen LogP contribution in [-0.2, 0) is 0 Å². The molecule has 0 radical (unpaired) electrons. The maximum Gasteiger partial charge on any atom is 0.120 e. The van der Waals surface area contributed by atoms with E-state index in [1.54, 1.807) is 0 Å². The standard InChI is InChI=1S/C19H26O2/c1-3-16-7-10-18(11-8-16)21-19-12-9-17(15(2)14-19)6-4-5-13-20/h9,12,14,16,18,20H,3,5,7-8,10-11,13H2,1-2H3. The van der Waals surface area contributed by atoms with E-state index in [9.17, 15) is 0 Å². The zero-order chi connectivity index (χ0) is 15.1. The number of hydrogen-bond acceptors (Lipinski definition) is 2. The van der Waals surface area contributed by atoms with E-state index in [0.29, 0.717) is 12.5 Å². The van der Waals surface area contributed by atoms with Crippen LogP contribution in [0.3, 0.4) is 0 Å². The Balaban J connectivity index is 1.93. The van der Waals surface area contributed by atoms with Gasteiger partial charge in [-0.25, -0.2) is 0 Å². The van der Waals surface area contributed by atoms with E-state index < -0.39 is 0 Å². The Labute approximate surface area is 128 Å². The normalized spacial score (nSPS) is 21.5. The van der Waals surface area contributed by atoms with Gasteiger partial charge in [-0.3, -0.25) is 0 Å². The molecule has 2 rings (SSSR count). The quantitative estimate of drug-likeness (QED) is 0.845. The number of aliphatic hydroxyl groups is 1. The lowest BCUT2D eigenvalue weighted by molar-refractivity contribution is 0.130. The molecule has 0 aromatic heterocycles. The van der Waals surface area contributed by atoms with Crippen LogP contribution in [0.4, 0.5) is 0 Å². The molecule has 0 bridgehead atoms. The molecule has 1 N–H and O–H groups in total. The summed E-state index contributed by atoms with van der Waals surface area (Å²) in [6, 6.07) is 6.11. The maximum atomic E-state index is 8.75. The lowest BCUT2D eigenvalue weighted by Crippen LogP contribution is -2.23. The second kappa shape index (κ2) is 8.10. The van der Waals surface area contributed by atoms with Gasteiger partial charge in [0.25, 0.3) is 0 Å². The fourth-order valence-corrected chi connectivity index (χ4v) is 2.91. The first-order chi connectivity index (χ1) is 10.2. The molecule has 0 atom stereocenters. The third-order valence-electron chi connectivity index (χ3n) is 4.33. The summed E-state index contributed by atoms with van der Waals surface area (Å²) in [4.78, 5) is 0. The van der Waals surface area contributed by atoms with E-state index in [4.69, 9.17) is 9.84 Å². The average Bonchev–Trinajstić information content (AvgIpc) is 2.50. The van der Waals surface area contributed by atoms with Crippen LogP contribution in [0.2, 0.25) is 0 Å². The van der Waals surface area contributed by atoms with Crippen molar-refractivity contribution in [2.75, 3.05) is 6.61 Å². The predicted molar refractivity (Wildman–Crippen MR) is 86.4 cm³/mol. The highest BCUT2D eigenvalue weighted by molar-refractivity contribution is 5.44. The summed E-state index contributed by atoms with van der Waals surface area (Å²) in [6.45, 7) is 4.46. The molecule has 1 aliphatic carbocycles. The van der Waals surface area contributed by atoms with Crippen molar-refractivity contribution < 1.29 is 9.84 Å². The predicted octanol–water partition coefficient (Wildman–Crippen LogP) is 4.08. The fourth-order valence-electron chi connectivity index (χ4n) is 2.91. The monoisotopic (exact) mass is 286 g/mol. The van der Waals surface area contributed by atoms with Gasteiger partial charge in [0.05, 0.1) is 12.7 Å². The van der Waals surface area contributed by atoms with Crippen LogP contribution < -0.4 is 4.74 Å². The third kappa shape index (κ3) is 4.79. The molecule has 0 unspecified atom stereocenters. The minimum absolute atomic E-state index is 0.119. The van der Waals surface area contributed by atoms with Crippen molar-refractivity contribution in [3.8, 4) is 17.6 Å². The lowest BCUT2D eigenvalue weighted by Gasteiger charge is -2.28. The average molecular weight is 286 g/mol. The number of aliphatic hydroxyl groups excluding tert-OH is 1. The van der Waals surface area contributed by atoms with Gasteiger partial charge in [0.15, 0.2) is 0 Å². The van der Waals surface area contributed by atoms with Crippen molar-refractivity contribution in [3.63, 3.8) is 0 Å². The Kier molecular flexibility index (Phi) is 6.14. The van der Waals surface area contributed by atoms with Crippen molar-refractivity contribution in [1.82, 2.24) is 0 Å². The number of ether oxygens (including phenoxy) is 1. The van der Waals surface area contributed by atoms with Crippen LogP contribution in [0.25, 0.3) is 0 Å². The molecule has 114 valence electrons. The number of rotatable bonds is 4. The van der Waals surface area contributed by atoms with E-state index in [-0.39, 0.29) is 6.61 Å². The van der Waals surface area contributed by atoms with Crippen LogP contribution >= 0.6 is 0 Å². The SMILES string of the molecule is CCC1CCC(Oc2ccc(C#CCCO)c(C)c2)CC1. The van der Waals surface area contributed by atoms with Crippen molar-refractivity contribution >= 4 is 0 Å². The summed E-state index contributed by atoms with van der Waals surface area (Å²) in [5.74, 6) is 7.91. The highest BCUT2D eigenvalue weighted by Crippen LogP contribution is 2.29. The molecule has 0 saturated heterocycles. The smallest absolute Gasteiger partial charge is 0.120 e. The molecule has 1 fully saturated rings. The minimum atomic E-state index is 0.119. The summed E-state index contributed by atoms with van der Waals surface area (Å²) in [5, 5.41) is 8.75. The van der Waals surface area contributed by atoms with Crippen molar-refractivity contribution in [2.24, 2.45) is 5.92 Å². The second-order valence-corrected chi connectivity index (χ2v) is 5.92. The van der Waals surface area contributed by atoms with Gasteiger partial charge in [-0.05, 0) is 62.3 Å². The molecule has 1 aromatic carbocycles. The molecule has 2 heteroatoms. The first kappa shape index (κ1) is 15.9. The van der Waals surface area contributed by atoms with Crippen LogP contribution in [0.5, 0.6) is 5.75 Å². The molecule has 21 heavy (non-hydrogen) atoms. The Morgan fingerprint density at radius 1 is 1.24 bits per heavy atom. The summed E-state index contributed by atoms with van der Waals surface area (Å²) < 4.78 is 6.12. The third-order valence-corrected chi connectivity index (χ3v) is 4.33. The molecule has 1 saturated carbocycles. The molecule has 0 heterocycles.